The Balaban J connectivity index is 1.98. The van der Waals surface area contributed by atoms with Gasteiger partial charge in [-0.05, 0) is 42.5 Å². The molecule has 0 unspecified atom stereocenters. The Labute approximate surface area is 161 Å². The van der Waals surface area contributed by atoms with Crippen molar-refractivity contribution in [3.8, 4) is 0 Å². The van der Waals surface area contributed by atoms with Crippen molar-refractivity contribution in [1.29, 1.82) is 0 Å². The van der Waals surface area contributed by atoms with Crippen LogP contribution in [0.25, 0.3) is 5.57 Å². The zero-order chi connectivity index (χ0) is 18.7. The minimum Gasteiger partial charge on any atom is -0.385 e. The summed E-state index contributed by atoms with van der Waals surface area (Å²) in [4.78, 5) is 27.9. The SMILES string of the molecule is COCCCN1C(=O)C(Nc2cccc(Cl)c2C)=C(c2cccs2)C1=O. The lowest BCUT2D eigenvalue weighted by Crippen LogP contribution is -2.33. The molecule has 2 aromatic rings. The van der Waals surface area contributed by atoms with E-state index in [-0.39, 0.29) is 11.8 Å². The quantitative estimate of drug-likeness (QED) is 0.574. The molecule has 1 aromatic carbocycles. The minimum absolute atomic E-state index is 0.282. The van der Waals surface area contributed by atoms with Crippen LogP contribution in [0.2, 0.25) is 5.02 Å². The maximum atomic E-state index is 12.9. The van der Waals surface area contributed by atoms with Gasteiger partial charge < -0.3 is 10.1 Å². The molecule has 0 fully saturated rings. The van der Waals surface area contributed by atoms with Crippen LogP contribution in [-0.2, 0) is 14.3 Å². The second-order valence-electron chi connectivity index (χ2n) is 5.87. The molecule has 0 bridgehead atoms. The molecule has 0 radical (unpaired) electrons. The van der Waals surface area contributed by atoms with Crippen molar-refractivity contribution in [3.05, 3.63) is 56.9 Å². The smallest absolute Gasteiger partial charge is 0.278 e. The highest BCUT2D eigenvalue weighted by atomic mass is 35.5. The van der Waals surface area contributed by atoms with Crippen molar-refractivity contribution >= 4 is 46.0 Å². The molecule has 3 rings (SSSR count). The molecule has 0 aliphatic carbocycles. The molecule has 1 aromatic heterocycles. The Morgan fingerprint density at radius 2 is 2.00 bits per heavy atom. The number of hydrogen-bond acceptors (Lipinski definition) is 5. The first-order valence-electron chi connectivity index (χ1n) is 8.20. The lowest BCUT2D eigenvalue weighted by atomic mass is 10.1. The number of nitrogens with zero attached hydrogens (tertiary/aromatic N) is 1. The standard InChI is InChI=1S/C19H19ClN2O3S/c1-12-13(20)6-3-7-14(12)21-17-16(15-8-4-11-26-15)18(23)22(19(17)24)9-5-10-25-2/h3-4,6-8,11,21H,5,9-10H2,1-2H3. The molecule has 5 nitrogen and oxygen atoms in total. The molecule has 0 spiro atoms. The first-order valence-corrected chi connectivity index (χ1v) is 9.45. The number of anilines is 1. The summed E-state index contributed by atoms with van der Waals surface area (Å²) in [5.74, 6) is -0.607. The molecule has 1 N–H and O–H groups in total. The van der Waals surface area contributed by atoms with Crippen molar-refractivity contribution in [2.75, 3.05) is 25.6 Å². The van der Waals surface area contributed by atoms with Gasteiger partial charge in [-0.3, -0.25) is 14.5 Å². The van der Waals surface area contributed by atoms with Crippen molar-refractivity contribution < 1.29 is 14.3 Å². The molecule has 0 saturated heterocycles. The molecule has 0 saturated carbocycles. The second kappa shape index (κ2) is 8.03. The average Bonchev–Trinajstić information content (AvgIpc) is 3.22. The number of rotatable bonds is 7. The van der Waals surface area contributed by atoms with Gasteiger partial charge in [0, 0.05) is 35.8 Å². The van der Waals surface area contributed by atoms with E-state index in [0.29, 0.717) is 41.6 Å². The van der Waals surface area contributed by atoms with Crippen LogP contribution >= 0.6 is 22.9 Å². The van der Waals surface area contributed by atoms with Crippen LogP contribution in [0.4, 0.5) is 5.69 Å². The predicted molar refractivity (Wildman–Crippen MR) is 104 cm³/mol. The molecule has 2 amide bonds. The van der Waals surface area contributed by atoms with Crippen molar-refractivity contribution in [2.24, 2.45) is 0 Å². The summed E-state index contributed by atoms with van der Waals surface area (Å²) >= 11 is 7.61. The topological polar surface area (TPSA) is 58.6 Å². The average molecular weight is 391 g/mol. The number of imide groups is 1. The number of hydrogen-bond donors (Lipinski definition) is 1. The molecule has 7 heteroatoms. The van der Waals surface area contributed by atoms with Crippen LogP contribution in [0.3, 0.4) is 0 Å². The number of ether oxygens (including phenoxy) is 1. The summed E-state index contributed by atoms with van der Waals surface area (Å²) in [6.45, 7) is 2.68. The Morgan fingerprint density at radius 3 is 2.69 bits per heavy atom. The van der Waals surface area contributed by atoms with E-state index in [1.807, 2.05) is 30.5 Å². The normalized spacial score (nSPS) is 14.5. The van der Waals surface area contributed by atoms with Crippen LogP contribution in [0.15, 0.2) is 41.4 Å². The predicted octanol–water partition coefficient (Wildman–Crippen LogP) is 3.94. The summed E-state index contributed by atoms with van der Waals surface area (Å²) in [7, 11) is 1.60. The molecule has 26 heavy (non-hydrogen) atoms. The molecular weight excluding hydrogens is 372 g/mol. The third kappa shape index (κ3) is 3.53. The van der Waals surface area contributed by atoms with Gasteiger partial charge in [0.25, 0.3) is 11.8 Å². The monoisotopic (exact) mass is 390 g/mol. The molecule has 2 heterocycles. The lowest BCUT2D eigenvalue weighted by Gasteiger charge is -2.15. The molecular formula is C19H19ClN2O3S. The maximum Gasteiger partial charge on any atom is 0.278 e. The largest absolute Gasteiger partial charge is 0.385 e. The first kappa shape index (κ1) is 18.6. The van der Waals surface area contributed by atoms with Gasteiger partial charge in [-0.25, -0.2) is 0 Å². The van der Waals surface area contributed by atoms with E-state index in [1.54, 1.807) is 19.2 Å². The summed E-state index contributed by atoms with van der Waals surface area (Å²) < 4.78 is 5.03. The molecule has 1 aliphatic rings. The highest BCUT2D eigenvalue weighted by Gasteiger charge is 2.39. The molecule has 0 atom stereocenters. The van der Waals surface area contributed by atoms with E-state index in [0.717, 1.165) is 10.4 Å². The van der Waals surface area contributed by atoms with Gasteiger partial charge in [0.1, 0.15) is 5.70 Å². The van der Waals surface area contributed by atoms with Gasteiger partial charge >= 0.3 is 0 Å². The minimum atomic E-state index is -0.325. The number of carbonyl (C=O) groups is 2. The van der Waals surface area contributed by atoms with E-state index in [9.17, 15) is 9.59 Å². The van der Waals surface area contributed by atoms with Gasteiger partial charge in [-0.1, -0.05) is 23.7 Å². The van der Waals surface area contributed by atoms with E-state index in [4.69, 9.17) is 16.3 Å². The second-order valence-corrected chi connectivity index (χ2v) is 7.23. The Bertz CT molecular complexity index is 862. The van der Waals surface area contributed by atoms with Crippen LogP contribution in [-0.4, -0.2) is 37.0 Å². The number of nitrogens with one attached hydrogen (secondary N) is 1. The highest BCUT2D eigenvalue weighted by molar-refractivity contribution is 7.11. The van der Waals surface area contributed by atoms with Crippen molar-refractivity contribution in [2.45, 2.75) is 13.3 Å². The lowest BCUT2D eigenvalue weighted by molar-refractivity contribution is -0.136. The third-order valence-electron chi connectivity index (χ3n) is 4.19. The van der Waals surface area contributed by atoms with Gasteiger partial charge in [0.2, 0.25) is 0 Å². The Hall–Kier alpha value is -2.15. The van der Waals surface area contributed by atoms with Crippen LogP contribution in [0.1, 0.15) is 16.9 Å². The summed E-state index contributed by atoms with van der Waals surface area (Å²) in [6.07, 6.45) is 0.592. The number of halogens is 1. The summed E-state index contributed by atoms with van der Waals surface area (Å²) in [5.41, 5.74) is 2.23. The fourth-order valence-electron chi connectivity index (χ4n) is 2.79. The van der Waals surface area contributed by atoms with Gasteiger partial charge in [-0.2, -0.15) is 0 Å². The first-order chi connectivity index (χ1) is 12.5. The molecule has 1 aliphatic heterocycles. The fraction of sp³-hybridized carbons (Fsp3) is 0.263. The third-order valence-corrected chi connectivity index (χ3v) is 5.49. The van der Waals surface area contributed by atoms with Crippen LogP contribution in [0.5, 0.6) is 0 Å². The zero-order valence-electron chi connectivity index (χ0n) is 14.5. The fourth-order valence-corrected chi connectivity index (χ4v) is 3.73. The Morgan fingerprint density at radius 1 is 1.19 bits per heavy atom. The van der Waals surface area contributed by atoms with Crippen LogP contribution in [0, 0.1) is 6.92 Å². The van der Waals surface area contributed by atoms with Crippen molar-refractivity contribution in [1.82, 2.24) is 4.90 Å². The Kier molecular flexibility index (Phi) is 5.76. The maximum absolute atomic E-state index is 12.9. The molecule has 136 valence electrons. The summed E-state index contributed by atoms with van der Waals surface area (Å²) in [5, 5.41) is 5.63. The van der Waals surface area contributed by atoms with E-state index >= 15 is 0 Å². The van der Waals surface area contributed by atoms with Crippen molar-refractivity contribution in [3.63, 3.8) is 0 Å². The zero-order valence-corrected chi connectivity index (χ0v) is 16.1. The van der Waals surface area contributed by atoms with E-state index in [1.165, 1.54) is 16.2 Å². The highest BCUT2D eigenvalue weighted by Crippen LogP contribution is 2.34. The number of benzene rings is 1. The van der Waals surface area contributed by atoms with Crippen LogP contribution < -0.4 is 5.32 Å². The summed E-state index contributed by atoms with van der Waals surface area (Å²) in [6, 6.07) is 9.14. The number of thiophene rings is 1. The number of methoxy groups -OCH3 is 1. The van der Waals surface area contributed by atoms with Gasteiger partial charge in [0.15, 0.2) is 0 Å². The van der Waals surface area contributed by atoms with E-state index in [2.05, 4.69) is 5.32 Å². The van der Waals surface area contributed by atoms with Gasteiger partial charge in [0.05, 0.1) is 5.57 Å². The van der Waals surface area contributed by atoms with Gasteiger partial charge in [-0.15, -0.1) is 11.3 Å². The van der Waals surface area contributed by atoms with E-state index < -0.39 is 0 Å². The number of carbonyl (C=O) groups excluding carboxylic acids is 2. The number of amides is 2.